The molecule has 3 aliphatic heterocycles. The first-order valence-corrected chi connectivity index (χ1v) is 15.7. The normalized spacial score (nSPS) is 28.0. The number of fused-ring (bicyclic) bond motifs is 1. The summed E-state index contributed by atoms with van der Waals surface area (Å²) in [6.07, 6.45) is 4.22. The van der Waals surface area contributed by atoms with E-state index in [-0.39, 0.29) is 42.2 Å². The van der Waals surface area contributed by atoms with Crippen LogP contribution >= 0.6 is 15.9 Å². The Balaban J connectivity index is 1.76. The lowest BCUT2D eigenvalue weighted by Gasteiger charge is -2.42. The smallest absolute Gasteiger partial charge is 0.249 e. The van der Waals surface area contributed by atoms with E-state index in [2.05, 4.69) is 29.1 Å². The van der Waals surface area contributed by atoms with Crippen molar-refractivity contribution in [2.24, 2.45) is 11.8 Å². The number of nitrogens with zero attached hydrogens (tertiary/aromatic N) is 3. The van der Waals surface area contributed by atoms with Gasteiger partial charge in [-0.1, -0.05) is 28.1 Å². The molecule has 3 aliphatic rings. The predicted octanol–water partition coefficient (Wildman–Crippen LogP) is 3.94. The molecule has 3 fully saturated rings. The molecule has 1 spiro atoms. The van der Waals surface area contributed by atoms with Crippen molar-refractivity contribution in [3.8, 4) is 5.75 Å². The van der Waals surface area contributed by atoms with Crippen molar-refractivity contribution < 1.29 is 29.0 Å². The number of carbonyl (C=O) groups is 3. The third kappa shape index (κ3) is 5.65. The zero-order valence-corrected chi connectivity index (χ0v) is 26.7. The molecule has 6 atom stereocenters. The Morgan fingerprint density at radius 3 is 2.40 bits per heavy atom. The Morgan fingerprint density at radius 1 is 1.17 bits per heavy atom. The van der Waals surface area contributed by atoms with Crippen LogP contribution in [0.1, 0.15) is 47.0 Å². The van der Waals surface area contributed by atoms with Crippen molar-refractivity contribution >= 4 is 39.3 Å². The zero-order chi connectivity index (χ0) is 30.8. The Bertz CT molecular complexity index is 1180. The highest BCUT2D eigenvalue weighted by molar-refractivity contribution is 9.09. The first-order valence-electron chi connectivity index (χ1n) is 14.8. The second kappa shape index (κ2) is 12.9. The minimum Gasteiger partial charge on any atom is -0.494 e. The molecule has 3 saturated heterocycles. The monoisotopic (exact) mass is 645 g/mol. The molecule has 230 valence electrons. The fraction of sp³-hybridized carbons (Fsp3) is 0.594. The van der Waals surface area contributed by atoms with E-state index in [1.165, 1.54) is 0 Å². The third-order valence-corrected chi connectivity index (χ3v) is 9.38. The molecule has 10 heteroatoms. The topological polar surface area (TPSA) is 99.6 Å². The summed E-state index contributed by atoms with van der Waals surface area (Å²) in [5.74, 6) is -1.61. The van der Waals surface area contributed by atoms with E-state index in [4.69, 9.17) is 9.47 Å². The number of aliphatic hydroxyl groups excluding tert-OH is 1. The van der Waals surface area contributed by atoms with Gasteiger partial charge in [-0.25, -0.2) is 0 Å². The lowest BCUT2D eigenvalue weighted by atomic mass is 9.70. The number of hydrogen-bond acceptors (Lipinski definition) is 6. The quantitative estimate of drug-likeness (QED) is 0.198. The molecule has 3 amide bonds. The Labute approximate surface area is 257 Å². The average Bonchev–Trinajstić information content (AvgIpc) is 3.53. The van der Waals surface area contributed by atoms with Crippen molar-refractivity contribution in [2.45, 2.75) is 75.1 Å². The summed E-state index contributed by atoms with van der Waals surface area (Å²) in [6, 6.07) is 6.37. The summed E-state index contributed by atoms with van der Waals surface area (Å²) in [7, 11) is 0. The highest BCUT2D eigenvalue weighted by Crippen LogP contribution is 2.60. The molecule has 3 heterocycles. The first kappa shape index (κ1) is 32.2. The number of hydrogen-bond donors (Lipinski definition) is 1. The van der Waals surface area contributed by atoms with E-state index in [0.29, 0.717) is 43.9 Å². The van der Waals surface area contributed by atoms with Crippen molar-refractivity contribution in [3.63, 3.8) is 0 Å². The van der Waals surface area contributed by atoms with Crippen LogP contribution < -0.4 is 9.64 Å². The maximum absolute atomic E-state index is 14.4. The van der Waals surface area contributed by atoms with Gasteiger partial charge in [0.2, 0.25) is 17.7 Å². The molecule has 2 bridgehead atoms. The lowest BCUT2D eigenvalue weighted by Crippen LogP contribution is -2.60. The van der Waals surface area contributed by atoms with E-state index < -0.39 is 35.1 Å². The van der Waals surface area contributed by atoms with Gasteiger partial charge >= 0.3 is 0 Å². The summed E-state index contributed by atoms with van der Waals surface area (Å²) < 4.78 is 12.3. The molecule has 42 heavy (non-hydrogen) atoms. The number of benzene rings is 1. The number of carbonyl (C=O) groups excluding carboxylic acids is 3. The summed E-state index contributed by atoms with van der Waals surface area (Å²) in [6.45, 7) is 16.8. The number of ether oxygens (including phenoxy) is 2. The first-order chi connectivity index (χ1) is 20.0. The fourth-order valence-electron chi connectivity index (χ4n) is 6.82. The SMILES string of the molecule is C=CCN(C(=O)[C@H]1[C@@H]2OC3(CC2Br)C(C(=O)N(CC=C)C(C)(C)C)N(CCCCO)C(=O)[C@H]13)c1ccc(OCC)cc1. The molecule has 0 radical (unpaired) electrons. The van der Waals surface area contributed by atoms with E-state index in [1.54, 1.807) is 26.9 Å². The van der Waals surface area contributed by atoms with Gasteiger partial charge in [-0.2, -0.15) is 0 Å². The van der Waals surface area contributed by atoms with Gasteiger partial charge in [0.25, 0.3) is 0 Å². The highest BCUT2D eigenvalue weighted by atomic mass is 79.9. The van der Waals surface area contributed by atoms with Crippen LogP contribution in [-0.2, 0) is 19.1 Å². The van der Waals surface area contributed by atoms with Crippen LogP contribution in [0.5, 0.6) is 5.75 Å². The van der Waals surface area contributed by atoms with E-state index in [9.17, 15) is 19.5 Å². The van der Waals surface area contributed by atoms with Gasteiger partial charge < -0.3 is 29.3 Å². The maximum Gasteiger partial charge on any atom is 0.249 e. The highest BCUT2D eigenvalue weighted by Gasteiger charge is 2.77. The molecule has 3 unspecified atom stereocenters. The van der Waals surface area contributed by atoms with Gasteiger partial charge in [0, 0.05) is 42.3 Å². The van der Waals surface area contributed by atoms with Crippen molar-refractivity contribution in [1.29, 1.82) is 0 Å². The average molecular weight is 647 g/mol. The number of likely N-dealkylation sites (tertiary alicyclic amines) is 1. The lowest BCUT2D eigenvalue weighted by molar-refractivity contribution is -0.151. The number of alkyl halides is 1. The molecule has 0 aromatic heterocycles. The molecule has 1 N–H and O–H groups in total. The second-order valence-electron chi connectivity index (χ2n) is 12.2. The van der Waals surface area contributed by atoms with Crippen LogP contribution in [0.25, 0.3) is 0 Å². The van der Waals surface area contributed by atoms with Crippen molar-refractivity contribution in [3.05, 3.63) is 49.6 Å². The Hall–Kier alpha value is -2.69. The summed E-state index contributed by atoms with van der Waals surface area (Å²) in [5, 5.41) is 9.44. The molecule has 9 nitrogen and oxygen atoms in total. The summed E-state index contributed by atoms with van der Waals surface area (Å²) >= 11 is 3.76. The number of aliphatic hydroxyl groups is 1. The van der Waals surface area contributed by atoms with Crippen LogP contribution in [0.15, 0.2) is 49.6 Å². The largest absolute Gasteiger partial charge is 0.494 e. The van der Waals surface area contributed by atoms with E-state index in [0.717, 1.165) is 0 Å². The van der Waals surface area contributed by atoms with Crippen LogP contribution in [0.2, 0.25) is 0 Å². The van der Waals surface area contributed by atoms with Gasteiger partial charge in [0.05, 0.1) is 24.5 Å². The van der Waals surface area contributed by atoms with E-state index in [1.807, 2.05) is 52.0 Å². The number of amides is 3. The van der Waals surface area contributed by atoms with Gasteiger partial charge in [0.1, 0.15) is 17.4 Å². The molecule has 0 saturated carbocycles. The molecule has 1 aromatic rings. The van der Waals surface area contributed by atoms with Crippen LogP contribution in [0, 0.1) is 11.8 Å². The third-order valence-electron chi connectivity index (χ3n) is 8.54. The number of rotatable bonds is 13. The van der Waals surface area contributed by atoms with E-state index >= 15 is 0 Å². The molecule has 1 aromatic carbocycles. The Morgan fingerprint density at radius 2 is 1.83 bits per heavy atom. The van der Waals surface area contributed by atoms with Gasteiger partial charge in [-0.3, -0.25) is 14.4 Å². The van der Waals surface area contributed by atoms with Gasteiger partial charge in [0.15, 0.2) is 0 Å². The molecule has 4 rings (SSSR count). The van der Waals surface area contributed by atoms with Crippen LogP contribution in [0.4, 0.5) is 5.69 Å². The molecular formula is C32H44BrN3O6. The fourth-order valence-corrected chi connectivity index (χ4v) is 7.76. The number of halogens is 1. The summed E-state index contributed by atoms with van der Waals surface area (Å²) in [4.78, 5) is 48.0. The minimum absolute atomic E-state index is 0.0123. The van der Waals surface area contributed by atoms with Gasteiger partial charge in [-0.15, -0.1) is 13.2 Å². The second-order valence-corrected chi connectivity index (χ2v) is 13.4. The van der Waals surface area contributed by atoms with Gasteiger partial charge in [-0.05, 0) is 71.2 Å². The maximum atomic E-state index is 14.4. The molecular weight excluding hydrogens is 602 g/mol. The predicted molar refractivity (Wildman–Crippen MR) is 166 cm³/mol. The van der Waals surface area contributed by atoms with Crippen molar-refractivity contribution in [1.82, 2.24) is 9.80 Å². The standard InChI is InChI=1S/C32H44BrN3O6/c1-7-16-34(21-12-14-22(15-13-21)41-9-3)28(38)24-25-29(39)35(18-10-11-19-37)27(32(25)20-23(33)26(24)42-32)30(40)36(17-8-2)31(4,5)6/h7-8,12-15,23-27,37H,1-2,9-11,16-20H2,3-6H3/t23?,24-,25+,26-,27?,32?/m1/s1. The Kier molecular flexibility index (Phi) is 9.89. The molecule has 0 aliphatic carbocycles. The van der Waals surface area contributed by atoms with Crippen LogP contribution in [-0.4, -0.2) is 93.6 Å². The van der Waals surface area contributed by atoms with Crippen LogP contribution in [0.3, 0.4) is 0 Å². The number of unbranched alkanes of at least 4 members (excludes halogenated alkanes) is 1. The minimum atomic E-state index is -1.16. The zero-order valence-electron chi connectivity index (χ0n) is 25.1. The summed E-state index contributed by atoms with van der Waals surface area (Å²) in [5.41, 5.74) is -1.03. The number of anilines is 1. The van der Waals surface area contributed by atoms with Crippen molar-refractivity contribution in [2.75, 3.05) is 37.7 Å².